The molecule has 29 heavy (non-hydrogen) atoms. The normalized spacial score (nSPS) is 19.9. The van der Waals surface area contributed by atoms with Gasteiger partial charge < -0.3 is 10.6 Å². The highest BCUT2D eigenvalue weighted by Gasteiger charge is 2.43. The van der Waals surface area contributed by atoms with Gasteiger partial charge in [0.25, 0.3) is 10.0 Å². The average Bonchev–Trinajstić information content (AvgIpc) is 3.15. The molecule has 1 saturated heterocycles. The summed E-state index contributed by atoms with van der Waals surface area (Å²) >= 11 is 7.04. The van der Waals surface area contributed by atoms with Crippen LogP contribution < -0.4 is 10.6 Å². The predicted molar refractivity (Wildman–Crippen MR) is 118 cm³/mol. The number of aryl methyl sites for hydroxylation is 1. The molecule has 1 aromatic carbocycles. The Balaban J connectivity index is 1.45. The summed E-state index contributed by atoms with van der Waals surface area (Å²) in [5.41, 5.74) is 2.15. The maximum Gasteiger partial charge on any atom is 0.252 e. The Kier molecular flexibility index (Phi) is 5.99. The molecule has 2 aliphatic rings. The van der Waals surface area contributed by atoms with Crippen LogP contribution in [-0.2, 0) is 16.6 Å². The standard InChI is InChI=1S/C20H25ClN4O2S2/c1-15-3-2-4-16(13-15)14-23-19-20(24-10-9-22-19)7-11-25(12-8-20)29(26,27)18-6-5-17(21)28-18/h2-6,13,24H,7-12,14H2,1H3,(H,22,23). The van der Waals surface area contributed by atoms with Gasteiger partial charge in [0.05, 0.1) is 16.4 Å². The SMILES string of the molecule is Cc1cccc(CNC2=NCCNC23CCN(S(=O)(=O)c2ccc(Cl)s2)CC3)c1. The third-order valence-electron chi connectivity index (χ3n) is 5.56. The number of nitrogens with one attached hydrogen (secondary N) is 2. The van der Waals surface area contributed by atoms with Crippen LogP contribution >= 0.6 is 22.9 Å². The molecule has 6 nitrogen and oxygen atoms in total. The van der Waals surface area contributed by atoms with Crippen LogP contribution in [0.3, 0.4) is 0 Å². The third-order valence-corrected chi connectivity index (χ3v) is 9.16. The molecule has 2 N–H and O–H groups in total. The molecule has 1 spiro atoms. The number of sulfonamides is 1. The molecule has 0 aliphatic carbocycles. The Hall–Kier alpha value is -1.45. The molecule has 1 aromatic heterocycles. The van der Waals surface area contributed by atoms with Gasteiger partial charge in [0, 0.05) is 26.2 Å². The van der Waals surface area contributed by atoms with E-state index in [1.54, 1.807) is 16.4 Å². The zero-order valence-corrected chi connectivity index (χ0v) is 18.7. The molecular formula is C20H25ClN4O2S2. The van der Waals surface area contributed by atoms with E-state index in [0.29, 0.717) is 41.0 Å². The lowest BCUT2D eigenvalue weighted by Gasteiger charge is -2.44. The number of benzene rings is 1. The van der Waals surface area contributed by atoms with Crippen molar-refractivity contribution < 1.29 is 8.42 Å². The fourth-order valence-electron chi connectivity index (χ4n) is 4.02. The summed E-state index contributed by atoms with van der Waals surface area (Å²) in [6.07, 6.45) is 1.37. The van der Waals surface area contributed by atoms with Crippen LogP contribution in [0.2, 0.25) is 4.34 Å². The second-order valence-electron chi connectivity index (χ2n) is 7.54. The number of thiophene rings is 1. The Labute approximate surface area is 181 Å². The molecule has 3 heterocycles. The second kappa shape index (κ2) is 8.35. The largest absolute Gasteiger partial charge is 0.368 e. The van der Waals surface area contributed by atoms with Crippen molar-refractivity contribution in [2.24, 2.45) is 4.99 Å². The van der Waals surface area contributed by atoms with Crippen LogP contribution in [0.1, 0.15) is 24.0 Å². The summed E-state index contributed by atoms with van der Waals surface area (Å²) in [6, 6.07) is 11.6. The van der Waals surface area contributed by atoms with Gasteiger partial charge in [-0.15, -0.1) is 11.3 Å². The van der Waals surface area contributed by atoms with E-state index >= 15 is 0 Å². The van der Waals surface area contributed by atoms with E-state index in [4.69, 9.17) is 16.6 Å². The molecule has 2 aliphatic heterocycles. The second-order valence-corrected chi connectivity index (χ2v) is 11.4. The Morgan fingerprint density at radius 2 is 2.07 bits per heavy atom. The van der Waals surface area contributed by atoms with E-state index in [0.717, 1.165) is 30.3 Å². The number of hydrogen-bond donors (Lipinski definition) is 2. The van der Waals surface area contributed by atoms with E-state index in [2.05, 4.69) is 41.8 Å². The van der Waals surface area contributed by atoms with Gasteiger partial charge in [-0.2, -0.15) is 4.31 Å². The Morgan fingerprint density at radius 3 is 2.76 bits per heavy atom. The molecule has 1 fully saturated rings. The number of nitrogens with zero attached hydrogens (tertiary/aromatic N) is 2. The van der Waals surface area contributed by atoms with Gasteiger partial charge in [-0.05, 0) is 37.5 Å². The Morgan fingerprint density at radius 1 is 1.28 bits per heavy atom. The van der Waals surface area contributed by atoms with Crippen molar-refractivity contribution in [1.29, 1.82) is 0 Å². The summed E-state index contributed by atoms with van der Waals surface area (Å²) in [5, 5.41) is 7.13. The molecule has 4 rings (SSSR count). The van der Waals surface area contributed by atoms with Gasteiger partial charge in [-0.25, -0.2) is 8.42 Å². The van der Waals surface area contributed by atoms with Crippen molar-refractivity contribution in [3.8, 4) is 0 Å². The van der Waals surface area contributed by atoms with E-state index in [9.17, 15) is 8.42 Å². The summed E-state index contributed by atoms with van der Waals surface area (Å²) in [4.78, 5) is 4.75. The summed E-state index contributed by atoms with van der Waals surface area (Å²) in [7, 11) is -3.49. The first-order valence-electron chi connectivity index (χ1n) is 9.74. The molecule has 0 radical (unpaired) electrons. The van der Waals surface area contributed by atoms with Crippen LogP contribution in [0.15, 0.2) is 45.6 Å². The van der Waals surface area contributed by atoms with Crippen molar-refractivity contribution in [2.45, 2.75) is 36.1 Å². The van der Waals surface area contributed by atoms with Gasteiger partial charge in [-0.1, -0.05) is 41.4 Å². The van der Waals surface area contributed by atoms with E-state index < -0.39 is 10.0 Å². The average molecular weight is 453 g/mol. The molecule has 0 saturated carbocycles. The maximum absolute atomic E-state index is 12.9. The fraction of sp³-hybridized carbons (Fsp3) is 0.450. The van der Waals surface area contributed by atoms with Crippen LogP contribution in [0.5, 0.6) is 0 Å². The lowest BCUT2D eigenvalue weighted by Crippen LogP contribution is -2.64. The molecule has 156 valence electrons. The third kappa shape index (κ3) is 4.36. The maximum atomic E-state index is 12.9. The molecule has 0 bridgehead atoms. The first-order chi connectivity index (χ1) is 13.9. The summed E-state index contributed by atoms with van der Waals surface area (Å²) in [5.74, 6) is 0.946. The number of amidine groups is 1. The Bertz CT molecular complexity index is 1010. The molecule has 0 unspecified atom stereocenters. The number of rotatable bonds is 4. The quantitative estimate of drug-likeness (QED) is 0.747. The highest BCUT2D eigenvalue weighted by atomic mass is 35.5. The minimum absolute atomic E-state index is 0.290. The van der Waals surface area contributed by atoms with Crippen molar-refractivity contribution in [1.82, 2.24) is 14.9 Å². The van der Waals surface area contributed by atoms with Gasteiger partial charge in [0.1, 0.15) is 10.0 Å². The van der Waals surface area contributed by atoms with Crippen LogP contribution in [0.4, 0.5) is 0 Å². The lowest BCUT2D eigenvalue weighted by molar-refractivity contribution is 0.241. The zero-order valence-electron chi connectivity index (χ0n) is 16.3. The van der Waals surface area contributed by atoms with Crippen molar-refractivity contribution in [3.63, 3.8) is 0 Å². The highest BCUT2D eigenvalue weighted by Crippen LogP contribution is 2.32. The highest BCUT2D eigenvalue weighted by molar-refractivity contribution is 7.91. The topological polar surface area (TPSA) is 73.8 Å². The molecule has 0 atom stereocenters. The predicted octanol–water partition coefficient (Wildman–Crippen LogP) is 3.02. The minimum atomic E-state index is -3.49. The molecular weight excluding hydrogens is 428 g/mol. The zero-order chi connectivity index (χ0) is 20.5. The van der Waals surface area contributed by atoms with Crippen LogP contribution in [-0.4, -0.2) is 50.3 Å². The number of piperidine rings is 1. The lowest BCUT2D eigenvalue weighted by atomic mass is 9.85. The first kappa shape index (κ1) is 20.8. The van der Waals surface area contributed by atoms with Crippen molar-refractivity contribution >= 4 is 38.8 Å². The van der Waals surface area contributed by atoms with E-state index in [-0.39, 0.29) is 5.54 Å². The van der Waals surface area contributed by atoms with Gasteiger partial charge in [0.2, 0.25) is 0 Å². The van der Waals surface area contributed by atoms with Gasteiger partial charge >= 0.3 is 0 Å². The van der Waals surface area contributed by atoms with E-state index in [1.807, 2.05) is 0 Å². The molecule has 9 heteroatoms. The first-order valence-corrected chi connectivity index (χ1v) is 12.4. The minimum Gasteiger partial charge on any atom is -0.368 e. The smallest absolute Gasteiger partial charge is 0.252 e. The number of hydrogen-bond acceptors (Lipinski definition) is 6. The number of aliphatic imine (C=N–C) groups is 1. The summed E-state index contributed by atoms with van der Waals surface area (Å²) in [6.45, 7) is 5.24. The van der Waals surface area contributed by atoms with Gasteiger partial charge in [-0.3, -0.25) is 4.99 Å². The monoisotopic (exact) mass is 452 g/mol. The van der Waals surface area contributed by atoms with Gasteiger partial charge in [0.15, 0.2) is 0 Å². The van der Waals surface area contributed by atoms with E-state index in [1.165, 1.54) is 11.1 Å². The van der Waals surface area contributed by atoms with Crippen LogP contribution in [0, 0.1) is 6.92 Å². The summed E-state index contributed by atoms with van der Waals surface area (Å²) < 4.78 is 28.2. The van der Waals surface area contributed by atoms with Crippen molar-refractivity contribution in [3.05, 3.63) is 51.9 Å². The molecule has 2 aromatic rings. The fourth-order valence-corrected chi connectivity index (χ4v) is 7.09. The molecule has 0 amide bonds. The van der Waals surface area contributed by atoms with Crippen molar-refractivity contribution in [2.75, 3.05) is 26.2 Å². The number of halogens is 1. The van der Waals surface area contributed by atoms with Crippen LogP contribution in [0.25, 0.3) is 0 Å².